The Morgan fingerprint density at radius 3 is 2.89 bits per heavy atom. The van der Waals surface area contributed by atoms with E-state index in [0.29, 0.717) is 13.1 Å². The van der Waals surface area contributed by atoms with Crippen LogP contribution in [-0.4, -0.2) is 28.9 Å². The van der Waals surface area contributed by atoms with Crippen LogP contribution in [0.3, 0.4) is 0 Å². The van der Waals surface area contributed by atoms with Gasteiger partial charge in [-0.2, -0.15) is 0 Å². The van der Waals surface area contributed by atoms with Gasteiger partial charge >= 0.3 is 0 Å². The number of hydrogen-bond donors (Lipinski definition) is 1. The number of aromatic nitrogens is 1. The minimum absolute atomic E-state index is 0.131. The number of nitrogens with one attached hydrogen (secondary N) is 1. The normalized spacial score (nSPS) is 21.8. The van der Waals surface area contributed by atoms with Crippen LogP contribution in [-0.2, 0) is 17.9 Å². The highest BCUT2D eigenvalue weighted by molar-refractivity contribution is 6.32. The first-order chi connectivity index (χ1) is 9.08. The maximum absolute atomic E-state index is 12.4. The molecule has 1 aromatic rings. The monoisotopic (exact) mass is 279 g/mol. The molecule has 1 atom stereocenters. The Morgan fingerprint density at radius 1 is 1.42 bits per heavy atom. The molecule has 4 nitrogen and oxygen atoms in total. The van der Waals surface area contributed by atoms with E-state index < -0.39 is 0 Å². The molecule has 0 aromatic carbocycles. The van der Waals surface area contributed by atoms with Gasteiger partial charge in [0.15, 0.2) is 0 Å². The maximum atomic E-state index is 12.4. The summed E-state index contributed by atoms with van der Waals surface area (Å²) in [6.45, 7) is 6.96. The molecule has 0 saturated carbocycles. The van der Waals surface area contributed by atoms with Crippen LogP contribution in [0.25, 0.3) is 0 Å². The van der Waals surface area contributed by atoms with E-state index in [0.717, 1.165) is 47.0 Å². The number of amides is 1. The smallest absolute Gasteiger partial charge is 0.227 e. The lowest BCUT2D eigenvalue weighted by molar-refractivity contribution is -0.135. The molecule has 0 spiro atoms. The third kappa shape index (κ3) is 2.13. The molecular weight excluding hydrogens is 262 g/mol. The summed E-state index contributed by atoms with van der Waals surface area (Å²) < 4.78 is 0. The summed E-state index contributed by atoms with van der Waals surface area (Å²) in [4.78, 5) is 18.9. The predicted octanol–water partition coefficient (Wildman–Crippen LogP) is 1.80. The largest absolute Gasteiger partial charge is 0.332 e. The van der Waals surface area contributed by atoms with Crippen LogP contribution in [0.5, 0.6) is 0 Å². The quantitative estimate of drug-likeness (QED) is 0.853. The predicted molar refractivity (Wildman–Crippen MR) is 74.0 cm³/mol. The van der Waals surface area contributed by atoms with E-state index in [1.54, 1.807) is 0 Å². The summed E-state index contributed by atoms with van der Waals surface area (Å²) in [7, 11) is 0. The summed E-state index contributed by atoms with van der Waals surface area (Å²) in [6, 6.07) is 0. The lowest BCUT2D eigenvalue weighted by atomic mass is 10.1. The van der Waals surface area contributed by atoms with Crippen LogP contribution >= 0.6 is 11.6 Å². The van der Waals surface area contributed by atoms with Crippen molar-refractivity contribution in [1.29, 1.82) is 0 Å². The van der Waals surface area contributed by atoms with Gasteiger partial charge in [-0.3, -0.25) is 9.78 Å². The van der Waals surface area contributed by atoms with Crippen molar-refractivity contribution in [3.8, 4) is 0 Å². The molecule has 1 N–H and O–H groups in total. The second-order valence-electron chi connectivity index (χ2n) is 5.45. The molecule has 0 bridgehead atoms. The fraction of sp³-hybridized carbons (Fsp3) is 0.571. The Labute approximate surface area is 118 Å². The average molecular weight is 280 g/mol. The van der Waals surface area contributed by atoms with E-state index in [-0.39, 0.29) is 11.8 Å². The minimum Gasteiger partial charge on any atom is -0.332 e. The summed E-state index contributed by atoms with van der Waals surface area (Å²) in [6.07, 6.45) is 0.942. The number of pyridine rings is 1. The molecule has 1 amide bonds. The van der Waals surface area contributed by atoms with Crippen molar-refractivity contribution >= 4 is 17.5 Å². The van der Waals surface area contributed by atoms with E-state index in [9.17, 15) is 4.79 Å². The molecule has 2 aliphatic rings. The Bertz CT molecular complexity index is 538. The first-order valence-corrected chi connectivity index (χ1v) is 7.09. The van der Waals surface area contributed by atoms with E-state index in [1.165, 1.54) is 0 Å². The van der Waals surface area contributed by atoms with Gasteiger partial charge in [-0.05, 0) is 37.9 Å². The molecule has 0 unspecified atom stereocenters. The number of aryl methyl sites for hydroxylation is 1. The fourth-order valence-electron chi connectivity index (χ4n) is 2.99. The Kier molecular flexibility index (Phi) is 3.23. The first kappa shape index (κ1) is 12.9. The average Bonchev–Trinajstić information content (AvgIpc) is 3.04. The van der Waals surface area contributed by atoms with Crippen molar-refractivity contribution in [3.63, 3.8) is 0 Å². The zero-order chi connectivity index (χ0) is 13.6. The van der Waals surface area contributed by atoms with E-state index >= 15 is 0 Å². The molecule has 1 aromatic heterocycles. The molecule has 19 heavy (non-hydrogen) atoms. The van der Waals surface area contributed by atoms with E-state index in [1.807, 2.05) is 18.7 Å². The van der Waals surface area contributed by atoms with Crippen LogP contribution in [0.2, 0.25) is 5.02 Å². The minimum atomic E-state index is 0.131. The molecule has 102 valence electrons. The number of hydrogen-bond acceptors (Lipinski definition) is 3. The molecule has 0 radical (unpaired) electrons. The molecular formula is C14H18ClN3O. The van der Waals surface area contributed by atoms with Gasteiger partial charge in [-0.15, -0.1) is 0 Å². The van der Waals surface area contributed by atoms with E-state index in [2.05, 4.69) is 10.3 Å². The molecule has 5 heteroatoms. The SMILES string of the molecule is Cc1nc2c(c(C)c1Cl)CN(C(=O)[C@@H]1CCNC1)C2. The highest BCUT2D eigenvalue weighted by Gasteiger charge is 2.32. The van der Waals surface area contributed by atoms with Gasteiger partial charge in [0.2, 0.25) is 5.91 Å². The van der Waals surface area contributed by atoms with Crippen molar-refractivity contribution in [3.05, 3.63) is 27.5 Å². The lowest BCUT2D eigenvalue weighted by Crippen LogP contribution is -2.33. The summed E-state index contributed by atoms with van der Waals surface area (Å²) in [5.74, 6) is 0.377. The first-order valence-electron chi connectivity index (χ1n) is 6.72. The standard InChI is InChI=1S/C14H18ClN3O/c1-8-11-6-18(14(19)10-3-4-16-5-10)7-12(11)17-9(2)13(8)15/h10,16H,3-7H2,1-2H3/t10-/m1/s1. The lowest BCUT2D eigenvalue weighted by Gasteiger charge is -2.19. The van der Waals surface area contributed by atoms with E-state index in [4.69, 9.17) is 11.6 Å². The number of nitrogens with zero attached hydrogens (tertiary/aromatic N) is 2. The third-order valence-electron chi connectivity index (χ3n) is 4.16. The Morgan fingerprint density at radius 2 is 2.21 bits per heavy atom. The molecule has 2 aliphatic heterocycles. The van der Waals surface area contributed by atoms with Crippen LogP contribution in [0.15, 0.2) is 0 Å². The number of halogens is 1. The van der Waals surface area contributed by atoms with Gasteiger partial charge in [0, 0.05) is 13.1 Å². The van der Waals surface area contributed by atoms with Crippen molar-refractivity contribution in [1.82, 2.24) is 15.2 Å². The molecule has 0 aliphatic carbocycles. The van der Waals surface area contributed by atoms with Gasteiger partial charge in [0.05, 0.1) is 28.9 Å². The highest BCUT2D eigenvalue weighted by atomic mass is 35.5. The number of rotatable bonds is 1. The van der Waals surface area contributed by atoms with Crippen LogP contribution in [0.1, 0.15) is 28.9 Å². The van der Waals surface area contributed by atoms with Crippen LogP contribution in [0, 0.1) is 19.8 Å². The van der Waals surface area contributed by atoms with Gasteiger partial charge < -0.3 is 10.2 Å². The van der Waals surface area contributed by atoms with Crippen molar-refractivity contribution in [2.45, 2.75) is 33.4 Å². The van der Waals surface area contributed by atoms with Gasteiger partial charge in [-0.1, -0.05) is 11.6 Å². The second-order valence-corrected chi connectivity index (χ2v) is 5.82. The van der Waals surface area contributed by atoms with Crippen molar-refractivity contribution in [2.24, 2.45) is 5.92 Å². The summed E-state index contributed by atoms with van der Waals surface area (Å²) in [5.41, 5.74) is 4.08. The topological polar surface area (TPSA) is 45.2 Å². The summed E-state index contributed by atoms with van der Waals surface area (Å²) in [5, 5.41) is 3.98. The van der Waals surface area contributed by atoms with Crippen molar-refractivity contribution in [2.75, 3.05) is 13.1 Å². The number of fused-ring (bicyclic) bond motifs is 1. The van der Waals surface area contributed by atoms with Crippen LogP contribution in [0.4, 0.5) is 0 Å². The fourth-order valence-corrected chi connectivity index (χ4v) is 3.14. The molecule has 1 fully saturated rings. The van der Waals surface area contributed by atoms with Crippen LogP contribution < -0.4 is 5.32 Å². The Hall–Kier alpha value is -1.13. The molecule has 1 saturated heterocycles. The van der Waals surface area contributed by atoms with Crippen molar-refractivity contribution < 1.29 is 4.79 Å². The van der Waals surface area contributed by atoms with Gasteiger partial charge in [0.1, 0.15) is 0 Å². The van der Waals surface area contributed by atoms with Gasteiger partial charge in [0.25, 0.3) is 0 Å². The molecule has 3 heterocycles. The third-order valence-corrected chi connectivity index (χ3v) is 4.72. The number of carbonyl (C=O) groups is 1. The summed E-state index contributed by atoms with van der Waals surface area (Å²) >= 11 is 6.24. The zero-order valence-electron chi connectivity index (χ0n) is 11.3. The molecule has 3 rings (SSSR count). The maximum Gasteiger partial charge on any atom is 0.227 e. The highest BCUT2D eigenvalue weighted by Crippen LogP contribution is 2.31. The Balaban J connectivity index is 1.84. The second kappa shape index (κ2) is 4.76. The van der Waals surface area contributed by atoms with Gasteiger partial charge in [-0.25, -0.2) is 0 Å². The zero-order valence-corrected chi connectivity index (χ0v) is 12.0. The number of carbonyl (C=O) groups excluding carboxylic acids is 1.